The summed E-state index contributed by atoms with van der Waals surface area (Å²) < 4.78 is 16.0. The first kappa shape index (κ1) is 25.2. The molecule has 2 unspecified atom stereocenters. The Balaban J connectivity index is 2.02. The zero-order valence-corrected chi connectivity index (χ0v) is 21.6. The Morgan fingerprint density at radius 2 is 1.97 bits per heavy atom. The van der Waals surface area contributed by atoms with Crippen LogP contribution >= 0.6 is 23.4 Å². The molecule has 4 rings (SSSR count). The molecular weight excluding hydrogens is 495 g/mol. The number of pyridine rings is 2. The van der Waals surface area contributed by atoms with Gasteiger partial charge in [0.25, 0.3) is 0 Å². The van der Waals surface area contributed by atoms with Crippen LogP contribution < -0.4 is 10.6 Å². The molecule has 12 heteroatoms. The van der Waals surface area contributed by atoms with Gasteiger partial charge < -0.3 is 14.9 Å². The molecule has 0 spiro atoms. The van der Waals surface area contributed by atoms with Crippen molar-refractivity contribution in [3.63, 3.8) is 0 Å². The summed E-state index contributed by atoms with van der Waals surface area (Å²) >= 11 is 7.54. The minimum atomic E-state index is -1.01. The highest BCUT2D eigenvalue weighted by atomic mass is 35.5. The van der Waals surface area contributed by atoms with Crippen molar-refractivity contribution in [1.82, 2.24) is 24.4 Å². The van der Waals surface area contributed by atoms with Crippen LogP contribution in [-0.2, 0) is 0 Å². The number of carboxylic acid groups (broad SMARTS) is 1. The molecule has 9 nitrogen and oxygen atoms in total. The van der Waals surface area contributed by atoms with Crippen molar-refractivity contribution in [2.75, 3.05) is 24.2 Å². The van der Waals surface area contributed by atoms with E-state index in [0.717, 1.165) is 4.90 Å². The second kappa shape index (κ2) is 9.62. The second-order valence-electron chi connectivity index (χ2n) is 8.87. The number of nitrogens with zero attached hydrogens (tertiary/aromatic N) is 6. The van der Waals surface area contributed by atoms with Crippen molar-refractivity contribution in [1.29, 1.82) is 0 Å². The number of rotatable bonds is 4. The Kier molecular flexibility index (Phi) is 6.92. The first-order chi connectivity index (χ1) is 16.5. The summed E-state index contributed by atoms with van der Waals surface area (Å²) in [7, 11) is 0. The van der Waals surface area contributed by atoms with Crippen LogP contribution in [0.5, 0.6) is 0 Å². The van der Waals surface area contributed by atoms with Crippen molar-refractivity contribution in [3.05, 3.63) is 45.5 Å². The smallest absolute Gasteiger partial charge is 0.407 e. The fourth-order valence-electron chi connectivity index (χ4n) is 4.46. The van der Waals surface area contributed by atoms with Gasteiger partial charge in [-0.3, -0.25) is 4.98 Å². The summed E-state index contributed by atoms with van der Waals surface area (Å²) in [6.07, 6.45) is 2.56. The summed E-state index contributed by atoms with van der Waals surface area (Å²) in [4.78, 5) is 42.3. The van der Waals surface area contributed by atoms with Crippen molar-refractivity contribution >= 4 is 46.3 Å². The van der Waals surface area contributed by atoms with Crippen LogP contribution in [0.2, 0.25) is 5.15 Å². The number of piperazine rings is 1. The lowest BCUT2D eigenvalue weighted by atomic mass is 10.1. The molecular formula is C23H26ClFN6O3S. The van der Waals surface area contributed by atoms with Crippen molar-refractivity contribution in [2.45, 2.75) is 50.6 Å². The fourth-order valence-corrected chi connectivity index (χ4v) is 5.18. The standard InChI is InChI=1S/C23H26ClFN6O3S/c1-11(2)17-18(16(35-5)6-7-26-17)31-21-14(8-15(25)19(24)27-21)20(28-22(31)32)29-9-13(4)30(23(33)34)10-12(29)3/h6-8,11-13H,9-10H2,1-5H3,(H,33,34). The molecule has 3 aromatic heterocycles. The number of halogens is 2. The third-order valence-electron chi connectivity index (χ3n) is 6.17. The van der Waals surface area contributed by atoms with Gasteiger partial charge in [0.1, 0.15) is 5.82 Å². The maximum absolute atomic E-state index is 14.7. The molecule has 186 valence electrons. The predicted octanol–water partition coefficient (Wildman–Crippen LogP) is 4.39. The van der Waals surface area contributed by atoms with Crippen LogP contribution in [0.1, 0.15) is 39.3 Å². The van der Waals surface area contributed by atoms with Gasteiger partial charge in [0, 0.05) is 36.3 Å². The number of fused-ring (bicyclic) bond motifs is 1. The van der Waals surface area contributed by atoms with Crippen molar-refractivity contribution in [2.24, 2.45) is 0 Å². The lowest BCUT2D eigenvalue weighted by molar-refractivity contribution is 0.114. The third-order valence-corrected chi connectivity index (χ3v) is 7.20. The summed E-state index contributed by atoms with van der Waals surface area (Å²) in [5.74, 6) is -0.508. The van der Waals surface area contributed by atoms with Gasteiger partial charge in [-0.2, -0.15) is 4.98 Å². The highest BCUT2D eigenvalue weighted by Crippen LogP contribution is 2.34. The van der Waals surface area contributed by atoms with E-state index in [-0.39, 0.29) is 47.7 Å². The van der Waals surface area contributed by atoms with Gasteiger partial charge in [-0.1, -0.05) is 25.4 Å². The van der Waals surface area contributed by atoms with Gasteiger partial charge in [-0.25, -0.2) is 23.5 Å². The first-order valence-corrected chi connectivity index (χ1v) is 12.7. The van der Waals surface area contributed by atoms with E-state index < -0.39 is 17.6 Å². The molecule has 4 heterocycles. The minimum Gasteiger partial charge on any atom is -0.465 e. The minimum absolute atomic E-state index is 0.0142. The molecule has 2 atom stereocenters. The number of hydrogen-bond donors (Lipinski definition) is 1. The molecule has 3 aromatic rings. The lowest BCUT2D eigenvalue weighted by Gasteiger charge is -2.43. The lowest BCUT2D eigenvalue weighted by Crippen LogP contribution is -2.58. The average molecular weight is 521 g/mol. The number of aromatic nitrogens is 4. The van der Waals surface area contributed by atoms with E-state index in [1.807, 2.05) is 31.9 Å². The quantitative estimate of drug-likeness (QED) is 0.399. The predicted molar refractivity (Wildman–Crippen MR) is 135 cm³/mol. The molecule has 1 amide bonds. The maximum Gasteiger partial charge on any atom is 0.407 e. The van der Waals surface area contributed by atoms with Gasteiger partial charge in [0.2, 0.25) is 0 Å². The van der Waals surface area contributed by atoms with E-state index in [1.54, 1.807) is 19.2 Å². The van der Waals surface area contributed by atoms with Crippen LogP contribution in [-0.4, -0.2) is 67.0 Å². The summed E-state index contributed by atoms with van der Waals surface area (Å²) in [6.45, 7) is 8.05. The Morgan fingerprint density at radius 1 is 1.26 bits per heavy atom. The molecule has 1 saturated heterocycles. The van der Waals surface area contributed by atoms with E-state index in [4.69, 9.17) is 11.6 Å². The average Bonchev–Trinajstić information content (AvgIpc) is 2.80. The van der Waals surface area contributed by atoms with E-state index in [9.17, 15) is 19.1 Å². The number of carbonyl (C=O) groups is 1. The monoisotopic (exact) mass is 520 g/mol. The van der Waals surface area contributed by atoms with Crippen LogP contribution in [0.3, 0.4) is 0 Å². The molecule has 35 heavy (non-hydrogen) atoms. The molecule has 0 radical (unpaired) electrons. The first-order valence-electron chi connectivity index (χ1n) is 11.1. The highest BCUT2D eigenvalue weighted by molar-refractivity contribution is 7.98. The van der Waals surface area contributed by atoms with Gasteiger partial charge in [0.05, 0.1) is 16.8 Å². The fraction of sp³-hybridized carbons (Fsp3) is 0.435. The molecule has 1 N–H and O–H groups in total. The molecule has 0 saturated carbocycles. The van der Waals surface area contributed by atoms with Crippen LogP contribution in [0.4, 0.5) is 15.0 Å². The summed E-state index contributed by atoms with van der Waals surface area (Å²) in [5, 5.41) is 9.45. The zero-order valence-electron chi connectivity index (χ0n) is 20.0. The second-order valence-corrected chi connectivity index (χ2v) is 10.1. The number of thioether (sulfide) groups is 1. The largest absolute Gasteiger partial charge is 0.465 e. The Hall–Kier alpha value is -2.92. The molecule has 1 aliphatic rings. The molecule has 0 aromatic carbocycles. The Labute approximate surface area is 210 Å². The van der Waals surface area contributed by atoms with Crippen LogP contribution in [0, 0.1) is 5.82 Å². The number of hydrogen-bond acceptors (Lipinski definition) is 7. The third kappa shape index (κ3) is 4.42. The molecule has 1 aliphatic heterocycles. The number of anilines is 1. The maximum atomic E-state index is 14.7. The molecule has 0 aliphatic carbocycles. The van der Waals surface area contributed by atoms with E-state index >= 15 is 0 Å². The van der Waals surface area contributed by atoms with Gasteiger partial charge in [-0.15, -0.1) is 11.8 Å². The Morgan fingerprint density at radius 3 is 2.60 bits per heavy atom. The van der Waals surface area contributed by atoms with Gasteiger partial charge in [0.15, 0.2) is 16.6 Å². The van der Waals surface area contributed by atoms with Gasteiger partial charge in [-0.05, 0) is 38.2 Å². The summed E-state index contributed by atoms with van der Waals surface area (Å²) in [6, 6.07) is 2.37. The molecule has 1 fully saturated rings. The van der Waals surface area contributed by atoms with E-state index in [2.05, 4.69) is 15.0 Å². The highest BCUT2D eigenvalue weighted by Gasteiger charge is 2.34. The molecule has 0 bridgehead atoms. The van der Waals surface area contributed by atoms with Crippen molar-refractivity contribution < 1.29 is 14.3 Å². The normalized spacial score (nSPS) is 18.5. The number of amides is 1. The zero-order chi connectivity index (χ0) is 25.6. The van der Waals surface area contributed by atoms with E-state index in [0.29, 0.717) is 16.8 Å². The van der Waals surface area contributed by atoms with Crippen LogP contribution in [0.15, 0.2) is 28.0 Å². The topological polar surface area (TPSA) is 104 Å². The Bertz CT molecular complexity index is 1370. The van der Waals surface area contributed by atoms with E-state index in [1.165, 1.54) is 27.3 Å². The van der Waals surface area contributed by atoms with Crippen molar-refractivity contribution in [3.8, 4) is 5.69 Å². The SMILES string of the molecule is CSc1ccnc(C(C)C)c1-n1c(=O)nc(N2CC(C)N(C(=O)O)CC2C)c2cc(F)c(Cl)nc21. The van der Waals surface area contributed by atoms with Crippen LogP contribution in [0.25, 0.3) is 16.7 Å². The van der Waals surface area contributed by atoms with Gasteiger partial charge >= 0.3 is 11.8 Å². The summed E-state index contributed by atoms with van der Waals surface area (Å²) in [5.41, 5.74) is 0.774.